The lowest BCUT2D eigenvalue weighted by Gasteiger charge is -2.40. The molecule has 0 saturated carbocycles. The molecule has 0 aliphatic carbocycles. The predicted molar refractivity (Wildman–Crippen MR) is 195 cm³/mol. The van der Waals surface area contributed by atoms with Crippen LogP contribution in [-0.4, -0.2) is 44.1 Å². The van der Waals surface area contributed by atoms with Crippen molar-refractivity contribution in [3.05, 3.63) is 136 Å². The van der Waals surface area contributed by atoms with Crippen LogP contribution in [0.25, 0.3) is 21.8 Å². The topological polar surface area (TPSA) is 29.2 Å². The second-order valence-corrected chi connectivity index (χ2v) is 15.6. The smallest absolute Gasteiger partial charge is 0.0486 e. The Morgan fingerprint density at radius 3 is 1.94 bits per heavy atom. The molecule has 48 heavy (non-hydrogen) atoms. The molecule has 0 radical (unpaired) electrons. The molecule has 4 aliphatic rings. The van der Waals surface area contributed by atoms with E-state index in [1.807, 2.05) is 12.4 Å². The molecule has 0 N–H and O–H groups in total. The Hall–Kier alpha value is -4.19. The number of hydrogen-bond acceptors (Lipinski definition) is 3. The number of hydrogen-bond donors (Lipinski definition) is 0. The van der Waals surface area contributed by atoms with Crippen molar-refractivity contribution in [2.75, 3.05) is 20.1 Å². The summed E-state index contributed by atoms with van der Waals surface area (Å²) in [5.41, 5.74) is 16.3. The average molecular weight is 632 g/mol. The normalized spacial score (nSPS) is 23.8. The molecular weight excluding hydrogens is 587 g/mol. The minimum atomic E-state index is 0.516. The Balaban J connectivity index is 0.967. The Kier molecular flexibility index (Phi) is 6.55. The van der Waals surface area contributed by atoms with Gasteiger partial charge in [0.25, 0.3) is 0 Å². The van der Waals surface area contributed by atoms with E-state index in [-0.39, 0.29) is 0 Å². The van der Waals surface area contributed by atoms with Gasteiger partial charge in [-0.05, 0) is 98.0 Å². The number of fused-ring (bicyclic) bond motifs is 6. The van der Waals surface area contributed by atoms with Crippen LogP contribution in [0.3, 0.4) is 0 Å². The highest BCUT2D eigenvalue weighted by Gasteiger charge is 2.38. The van der Waals surface area contributed by atoms with Gasteiger partial charge in [-0.2, -0.15) is 0 Å². The molecule has 3 aromatic carbocycles. The zero-order valence-electron chi connectivity index (χ0n) is 28.5. The molecule has 0 spiro atoms. The fraction of sp³-hybridized carbons (Fsp3) is 0.372. The Labute approximate surface area is 283 Å². The van der Waals surface area contributed by atoms with Crippen molar-refractivity contribution in [1.82, 2.24) is 23.9 Å². The summed E-state index contributed by atoms with van der Waals surface area (Å²) in [5, 5.41) is 2.94. The van der Waals surface area contributed by atoms with Gasteiger partial charge in [0, 0.05) is 115 Å². The zero-order valence-corrected chi connectivity index (χ0v) is 28.5. The van der Waals surface area contributed by atoms with E-state index in [1.165, 1.54) is 62.5 Å². The molecule has 242 valence electrons. The van der Waals surface area contributed by atoms with Gasteiger partial charge in [0.1, 0.15) is 0 Å². The molecule has 3 aromatic heterocycles. The van der Waals surface area contributed by atoms with Crippen molar-refractivity contribution in [1.29, 1.82) is 0 Å². The van der Waals surface area contributed by atoms with Crippen LogP contribution in [0.1, 0.15) is 86.8 Å². The molecule has 0 saturated heterocycles. The summed E-state index contributed by atoms with van der Waals surface area (Å²) in [4.78, 5) is 9.62. The maximum absolute atomic E-state index is 4.32. The summed E-state index contributed by atoms with van der Waals surface area (Å²) < 4.78 is 5.38. The third kappa shape index (κ3) is 4.54. The van der Waals surface area contributed by atoms with Gasteiger partial charge in [-0.15, -0.1) is 0 Å². The van der Waals surface area contributed by atoms with E-state index in [1.54, 1.807) is 22.5 Å². The van der Waals surface area contributed by atoms with E-state index in [4.69, 9.17) is 0 Å². The van der Waals surface area contributed by atoms with E-state index < -0.39 is 0 Å². The van der Waals surface area contributed by atoms with Gasteiger partial charge in [0.2, 0.25) is 0 Å². The molecule has 10 rings (SSSR count). The lowest BCUT2D eigenvalue weighted by Crippen LogP contribution is -2.37. The third-order valence-electron chi connectivity index (χ3n) is 12.3. The SMILES string of the molecule is Cc1ccc2c(c1)c1c3n2CC(c2cccc(CN4Cc5c6n(c7ccc(C)cc57)CC(c5ccncc5)CC6C4)c2)CC3CN(C)C1. The summed E-state index contributed by atoms with van der Waals surface area (Å²) in [6.07, 6.45) is 6.37. The maximum Gasteiger partial charge on any atom is 0.0486 e. The fourth-order valence-corrected chi connectivity index (χ4v) is 10.3. The highest BCUT2D eigenvalue weighted by molar-refractivity contribution is 5.88. The Morgan fingerprint density at radius 1 is 0.625 bits per heavy atom. The number of nitrogens with zero attached hydrogens (tertiary/aromatic N) is 5. The van der Waals surface area contributed by atoms with E-state index in [9.17, 15) is 0 Å². The quantitative estimate of drug-likeness (QED) is 0.195. The Morgan fingerprint density at radius 2 is 1.25 bits per heavy atom. The average Bonchev–Trinajstić information content (AvgIpc) is 3.57. The lowest BCUT2D eigenvalue weighted by atomic mass is 9.80. The molecule has 6 aromatic rings. The van der Waals surface area contributed by atoms with Crippen LogP contribution in [0.15, 0.2) is 85.2 Å². The van der Waals surface area contributed by atoms with Gasteiger partial charge in [-0.25, -0.2) is 0 Å². The first-order valence-electron chi connectivity index (χ1n) is 18.1. The summed E-state index contributed by atoms with van der Waals surface area (Å²) in [6.45, 7) is 12.0. The minimum absolute atomic E-state index is 0.516. The van der Waals surface area contributed by atoms with Gasteiger partial charge in [-0.1, -0.05) is 47.5 Å². The molecule has 7 heterocycles. The van der Waals surface area contributed by atoms with E-state index in [2.05, 4.69) is 118 Å². The van der Waals surface area contributed by atoms with Crippen molar-refractivity contribution < 1.29 is 0 Å². The first kappa shape index (κ1) is 28.8. The van der Waals surface area contributed by atoms with Gasteiger partial charge in [-0.3, -0.25) is 9.88 Å². The van der Waals surface area contributed by atoms with Gasteiger partial charge in [0.15, 0.2) is 0 Å². The van der Waals surface area contributed by atoms with E-state index in [0.717, 1.165) is 45.8 Å². The van der Waals surface area contributed by atoms with Crippen molar-refractivity contribution in [2.24, 2.45) is 0 Å². The van der Waals surface area contributed by atoms with Crippen LogP contribution < -0.4 is 0 Å². The minimum Gasteiger partial charge on any atom is -0.343 e. The van der Waals surface area contributed by atoms with Crippen molar-refractivity contribution >= 4 is 21.8 Å². The molecular formula is C43H45N5. The van der Waals surface area contributed by atoms with Crippen molar-refractivity contribution in [2.45, 2.75) is 83.1 Å². The Bertz CT molecular complexity index is 2210. The number of benzene rings is 3. The zero-order chi connectivity index (χ0) is 32.1. The van der Waals surface area contributed by atoms with Gasteiger partial charge in [0.05, 0.1) is 0 Å². The third-order valence-corrected chi connectivity index (χ3v) is 12.3. The van der Waals surface area contributed by atoms with Crippen molar-refractivity contribution in [3.8, 4) is 0 Å². The largest absolute Gasteiger partial charge is 0.343 e. The number of aromatic nitrogens is 3. The summed E-state index contributed by atoms with van der Waals surface area (Å²) in [7, 11) is 2.31. The summed E-state index contributed by atoms with van der Waals surface area (Å²) >= 11 is 0. The van der Waals surface area contributed by atoms with Crippen LogP contribution >= 0.6 is 0 Å². The van der Waals surface area contributed by atoms with Crippen LogP contribution in [0, 0.1) is 13.8 Å². The second kappa shape index (κ2) is 10.9. The number of aryl methyl sites for hydroxylation is 2. The molecule has 5 nitrogen and oxygen atoms in total. The fourth-order valence-electron chi connectivity index (χ4n) is 10.3. The molecule has 4 aliphatic heterocycles. The molecule has 0 fully saturated rings. The monoisotopic (exact) mass is 631 g/mol. The molecule has 4 unspecified atom stereocenters. The highest BCUT2D eigenvalue weighted by Crippen LogP contribution is 2.47. The first-order chi connectivity index (χ1) is 23.5. The first-order valence-corrected chi connectivity index (χ1v) is 18.1. The molecule has 0 amide bonds. The summed E-state index contributed by atoms with van der Waals surface area (Å²) in [6, 6.07) is 28.4. The standard InChI is InChI=1S/C43H45N5/c1-27-7-9-40-36(15-27)38-25-45(3)21-34-19-33(24-48(40)42(34)38)31-6-4-5-29(17-31)20-46-22-35-18-32(30-11-13-44-14-12-30)23-47-41-10-8-28(2)16-37(41)39(26-46)43(35)47/h4-17,32-35H,18-26H2,1-3H3. The van der Waals surface area contributed by atoms with Crippen LogP contribution in [0.2, 0.25) is 0 Å². The van der Waals surface area contributed by atoms with Gasteiger partial charge < -0.3 is 14.0 Å². The molecule has 4 atom stereocenters. The molecule has 5 heteroatoms. The summed E-state index contributed by atoms with van der Waals surface area (Å²) in [5.74, 6) is 2.18. The number of likely N-dealkylation sites (N-methyl/N-ethyl adjacent to an activating group) is 1. The maximum atomic E-state index is 4.32. The predicted octanol–water partition coefficient (Wildman–Crippen LogP) is 8.61. The number of pyridine rings is 1. The van der Waals surface area contributed by atoms with Gasteiger partial charge >= 0.3 is 0 Å². The van der Waals surface area contributed by atoms with Crippen LogP contribution in [0.4, 0.5) is 0 Å². The highest BCUT2D eigenvalue weighted by atomic mass is 15.2. The van der Waals surface area contributed by atoms with Crippen LogP contribution in [0.5, 0.6) is 0 Å². The lowest BCUT2D eigenvalue weighted by molar-refractivity contribution is 0.198. The van der Waals surface area contributed by atoms with E-state index >= 15 is 0 Å². The number of rotatable bonds is 4. The van der Waals surface area contributed by atoms with E-state index in [0.29, 0.717) is 23.7 Å². The molecule has 0 bridgehead atoms. The van der Waals surface area contributed by atoms with Crippen molar-refractivity contribution in [3.63, 3.8) is 0 Å². The van der Waals surface area contributed by atoms with Crippen LogP contribution in [-0.2, 0) is 32.7 Å². The second-order valence-electron chi connectivity index (χ2n) is 15.6.